The number of carbonyl (C=O) groups excluding carboxylic acids is 4. The van der Waals surface area contributed by atoms with Crippen LogP contribution in [0.25, 0.3) is 0 Å². The molecule has 0 bridgehead atoms. The van der Waals surface area contributed by atoms with Crippen molar-refractivity contribution >= 4 is 39.5 Å². The Bertz CT molecular complexity index is 2070. The zero-order valence-corrected chi connectivity index (χ0v) is 61.2. The third kappa shape index (κ3) is 67.1. The van der Waals surface area contributed by atoms with Crippen LogP contribution >= 0.6 is 15.6 Å². The summed E-state index contributed by atoms with van der Waals surface area (Å²) < 4.78 is 68.3. The van der Waals surface area contributed by atoms with Crippen molar-refractivity contribution in [2.75, 3.05) is 39.6 Å². The van der Waals surface area contributed by atoms with Crippen LogP contribution in [0, 0.1) is 0 Å². The topological polar surface area (TPSA) is 237 Å². The molecular weight excluding hydrogens is 1230 g/mol. The van der Waals surface area contributed by atoms with Gasteiger partial charge < -0.3 is 33.8 Å². The molecule has 0 rings (SSSR count). The first kappa shape index (κ1) is 90.5. The largest absolute Gasteiger partial charge is 0.472 e. The van der Waals surface area contributed by atoms with Crippen LogP contribution in [0.15, 0.2) is 72.9 Å². The van der Waals surface area contributed by atoms with Gasteiger partial charge in [-0.1, -0.05) is 235 Å². The lowest BCUT2D eigenvalue weighted by molar-refractivity contribution is -0.161. The number of aliphatic hydroxyl groups is 1. The molecule has 0 radical (unpaired) electrons. The van der Waals surface area contributed by atoms with Crippen molar-refractivity contribution in [2.45, 2.75) is 341 Å². The Kier molecular flexibility index (Phi) is 65.5. The SMILES string of the molecule is CC/C=C\C/C=C\C/C=C\CCCCCCCC(=O)OCC(COP(=O)(O)OCC(O)COP(=O)(O)OCC(COC(=O)CCCCCCC/C=C\CCCCCC)OC(=O)CCCCCCC/C=C\CCCCCC)OC(=O)CCCCCCC/C=C\CCCCCC. The summed E-state index contributed by atoms with van der Waals surface area (Å²) in [5, 5.41) is 10.6. The van der Waals surface area contributed by atoms with E-state index in [0.29, 0.717) is 25.7 Å². The van der Waals surface area contributed by atoms with Crippen LogP contribution in [-0.2, 0) is 65.4 Å². The van der Waals surface area contributed by atoms with Gasteiger partial charge in [-0.25, -0.2) is 9.13 Å². The number of carbonyl (C=O) groups is 4. The fourth-order valence-electron chi connectivity index (χ4n) is 9.92. The molecule has 0 saturated carbocycles. The zero-order valence-electron chi connectivity index (χ0n) is 59.4. The summed E-state index contributed by atoms with van der Waals surface area (Å²) in [5.41, 5.74) is 0. The summed E-state index contributed by atoms with van der Waals surface area (Å²) >= 11 is 0. The second kappa shape index (κ2) is 68.0. The van der Waals surface area contributed by atoms with E-state index in [9.17, 15) is 43.2 Å². The highest BCUT2D eigenvalue weighted by Gasteiger charge is 2.30. The average molecular weight is 1370 g/mol. The molecule has 546 valence electrons. The normalized spacial score (nSPS) is 14.4. The van der Waals surface area contributed by atoms with Crippen molar-refractivity contribution in [1.29, 1.82) is 0 Å². The van der Waals surface area contributed by atoms with Crippen LogP contribution in [0.3, 0.4) is 0 Å². The summed E-state index contributed by atoms with van der Waals surface area (Å²) in [5.74, 6) is -2.20. The van der Waals surface area contributed by atoms with E-state index in [1.54, 1.807) is 0 Å². The first-order valence-electron chi connectivity index (χ1n) is 37.2. The molecule has 19 heteroatoms. The molecule has 0 saturated heterocycles. The molecule has 17 nitrogen and oxygen atoms in total. The molecule has 0 spiro atoms. The van der Waals surface area contributed by atoms with Crippen LogP contribution in [-0.4, -0.2) is 96.7 Å². The number of phosphoric ester groups is 2. The number of hydrogen-bond donors (Lipinski definition) is 3. The number of unbranched alkanes of at least 4 members (excludes halogenated alkanes) is 32. The summed E-state index contributed by atoms with van der Waals surface area (Å²) in [6.07, 6.45) is 66.1. The Morgan fingerprint density at radius 3 is 0.862 bits per heavy atom. The second-order valence-electron chi connectivity index (χ2n) is 24.8. The van der Waals surface area contributed by atoms with Crippen molar-refractivity contribution in [1.82, 2.24) is 0 Å². The average Bonchev–Trinajstić information content (AvgIpc) is 1.67. The molecule has 0 amide bonds. The predicted octanol–water partition coefficient (Wildman–Crippen LogP) is 20.9. The van der Waals surface area contributed by atoms with Gasteiger partial charge in [-0.3, -0.25) is 37.3 Å². The molecule has 5 atom stereocenters. The molecule has 0 aliphatic heterocycles. The molecule has 0 heterocycles. The fraction of sp³-hybridized carbons (Fsp3) is 0.787. The van der Waals surface area contributed by atoms with Gasteiger partial charge in [0.15, 0.2) is 12.2 Å². The van der Waals surface area contributed by atoms with Gasteiger partial charge in [-0.05, 0) is 135 Å². The maximum absolute atomic E-state index is 13.0. The summed E-state index contributed by atoms with van der Waals surface area (Å²) in [4.78, 5) is 72.7. The van der Waals surface area contributed by atoms with E-state index in [1.165, 1.54) is 77.0 Å². The minimum Gasteiger partial charge on any atom is -0.462 e. The summed E-state index contributed by atoms with van der Waals surface area (Å²) in [7, 11) is -9.94. The molecule has 5 unspecified atom stereocenters. The van der Waals surface area contributed by atoms with E-state index < -0.39 is 97.5 Å². The molecule has 0 fully saturated rings. The Labute approximate surface area is 571 Å². The van der Waals surface area contributed by atoms with Gasteiger partial charge in [-0.15, -0.1) is 0 Å². The van der Waals surface area contributed by atoms with Crippen molar-refractivity contribution in [2.24, 2.45) is 0 Å². The third-order valence-electron chi connectivity index (χ3n) is 15.6. The highest BCUT2D eigenvalue weighted by molar-refractivity contribution is 7.47. The lowest BCUT2D eigenvalue weighted by Gasteiger charge is -2.21. The highest BCUT2D eigenvalue weighted by atomic mass is 31.2. The molecule has 0 aromatic heterocycles. The quantitative estimate of drug-likeness (QED) is 0.0169. The number of rotatable bonds is 70. The molecule has 3 N–H and O–H groups in total. The molecule has 0 aliphatic rings. The molecular formula is C75H134O17P2. The van der Waals surface area contributed by atoms with E-state index in [-0.39, 0.29) is 25.7 Å². The monoisotopic (exact) mass is 1370 g/mol. The van der Waals surface area contributed by atoms with Crippen molar-refractivity contribution in [3.05, 3.63) is 72.9 Å². The first-order chi connectivity index (χ1) is 45.7. The van der Waals surface area contributed by atoms with Gasteiger partial charge >= 0.3 is 39.5 Å². The molecule has 0 aromatic rings. The Morgan fingerprint density at radius 2 is 0.553 bits per heavy atom. The van der Waals surface area contributed by atoms with Crippen molar-refractivity contribution < 1.29 is 80.2 Å². The molecule has 0 aromatic carbocycles. The van der Waals surface area contributed by atoms with Gasteiger partial charge in [0.05, 0.1) is 26.4 Å². The van der Waals surface area contributed by atoms with Crippen LogP contribution in [0.4, 0.5) is 0 Å². The van der Waals surface area contributed by atoms with Gasteiger partial charge in [0.25, 0.3) is 0 Å². The number of allylic oxidation sites excluding steroid dienone is 12. The lowest BCUT2D eigenvalue weighted by atomic mass is 10.1. The van der Waals surface area contributed by atoms with Gasteiger partial charge in [0, 0.05) is 25.7 Å². The van der Waals surface area contributed by atoms with Crippen LogP contribution in [0.1, 0.15) is 323 Å². The lowest BCUT2D eigenvalue weighted by Crippen LogP contribution is -2.30. The number of ether oxygens (including phenoxy) is 4. The van der Waals surface area contributed by atoms with E-state index in [4.69, 9.17) is 37.0 Å². The maximum Gasteiger partial charge on any atom is 0.472 e. The fourth-order valence-corrected chi connectivity index (χ4v) is 11.5. The zero-order chi connectivity index (χ0) is 69.0. The Hall–Kier alpha value is -3.50. The number of aliphatic hydroxyl groups excluding tert-OH is 1. The minimum atomic E-state index is -4.97. The van der Waals surface area contributed by atoms with E-state index in [1.807, 2.05) is 0 Å². The Morgan fingerprint density at radius 1 is 0.309 bits per heavy atom. The third-order valence-corrected chi connectivity index (χ3v) is 17.5. The molecule has 0 aliphatic carbocycles. The van der Waals surface area contributed by atoms with E-state index in [0.717, 1.165) is 167 Å². The van der Waals surface area contributed by atoms with Crippen molar-refractivity contribution in [3.63, 3.8) is 0 Å². The summed E-state index contributed by atoms with van der Waals surface area (Å²) in [6, 6.07) is 0. The van der Waals surface area contributed by atoms with E-state index in [2.05, 4.69) is 101 Å². The van der Waals surface area contributed by atoms with Crippen LogP contribution < -0.4 is 0 Å². The van der Waals surface area contributed by atoms with E-state index >= 15 is 0 Å². The standard InChI is InChI=1S/C75H134O17P2/c1-5-9-13-17-21-25-29-33-34-38-40-44-48-52-56-60-73(78)86-66-71(92-75(80)62-58-54-50-46-42-37-32-28-24-20-16-12-8-4)68-90-94(83,84)88-64-69(76)63-87-93(81,82)89-67-70(91-74(79)61-57-53-49-45-41-36-31-27-23-19-15-11-7-3)65-85-72(77)59-55-51-47-43-39-35-30-26-22-18-14-10-6-2/h9,13,21,25-28,30-34,69-71,76H,5-8,10-12,14-20,22-24,29,35-68H2,1-4H3,(H,81,82)(H,83,84)/b13-9-,25-21-,30-26-,31-27-,32-28-,34-33-. The van der Waals surface area contributed by atoms with Gasteiger partial charge in [-0.2, -0.15) is 0 Å². The van der Waals surface area contributed by atoms with Crippen LogP contribution in [0.2, 0.25) is 0 Å². The predicted molar refractivity (Wildman–Crippen MR) is 381 cm³/mol. The highest BCUT2D eigenvalue weighted by Crippen LogP contribution is 2.45. The van der Waals surface area contributed by atoms with Crippen molar-refractivity contribution in [3.8, 4) is 0 Å². The number of esters is 4. The number of hydrogen-bond acceptors (Lipinski definition) is 15. The number of phosphoric acid groups is 2. The first-order valence-corrected chi connectivity index (χ1v) is 40.2. The Balaban J connectivity index is 5.34. The summed E-state index contributed by atoms with van der Waals surface area (Å²) in [6.45, 7) is 4.69. The maximum atomic E-state index is 13.0. The van der Waals surface area contributed by atoms with Gasteiger partial charge in [0.2, 0.25) is 0 Å². The van der Waals surface area contributed by atoms with Crippen LogP contribution in [0.5, 0.6) is 0 Å². The van der Waals surface area contributed by atoms with Gasteiger partial charge in [0.1, 0.15) is 19.3 Å². The minimum absolute atomic E-state index is 0.0827. The smallest absolute Gasteiger partial charge is 0.462 e. The molecule has 94 heavy (non-hydrogen) atoms. The second-order valence-corrected chi connectivity index (χ2v) is 27.8.